The SMILES string of the molecule is Oc1ccc(CCNC2CCCCc3ccccc32)cc1. The minimum Gasteiger partial charge on any atom is -0.508 e. The average Bonchev–Trinajstić information content (AvgIpc) is 2.72. The molecule has 2 N–H and O–H groups in total. The molecule has 0 bridgehead atoms. The van der Waals surface area contributed by atoms with E-state index >= 15 is 0 Å². The molecular weight excluding hydrogens is 258 g/mol. The first-order chi connectivity index (χ1) is 10.3. The molecule has 0 radical (unpaired) electrons. The molecule has 1 atom stereocenters. The molecule has 2 heteroatoms. The van der Waals surface area contributed by atoms with Gasteiger partial charge in [0, 0.05) is 6.04 Å². The number of fused-ring (bicyclic) bond motifs is 1. The molecule has 21 heavy (non-hydrogen) atoms. The van der Waals surface area contributed by atoms with Gasteiger partial charge in [-0.15, -0.1) is 0 Å². The molecule has 0 aliphatic heterocycles. The lowest BCUT2D eigenvalue weighted by Crippen LogP contribution is -2.24. The molecule has 2 nitrogen and oxygen atoms in total. The van der Waals surface area contributed by atoms with Crippen molar-refractivity contribution < 1.29 is 5.11 Å². The van der Waals surface area contributed by atoms with Crippen molar-refractivity contribution in [1.82, 2.24) is 5.32 Å². The molecular formula is C19H23NO. The van der Waals surface area contributed by atoms with Gasteiger partial charge in [0.25, 0.3) is 0 Å². The van der Waals surface area contributed by atoms with Crippen LogP contribution in [0.3, 0.4) is 0 Å². The summed E-state index contributed by atoms with van der Waals surface area (Å²) in [5, 5.41) is 13.0. The molecule has 2 aromatic carbocycles. The molecule has 0 saturated carbocycles. The van der Waals surface area contributed by atoms with Crippen molar-refractivity contribution in [3.05, 3.63) is 65.2 Å². The first-order valence-electron chi connectivity index (χ1n) is 7.92. The van der Waals surface area contributed by atoms with E-state index < -0.39 is 0 Å². The molecule has 0 fully saturated rings. The van der Waals surface area contributed by atoms with Crippen LogP contribution in [-0.4, -0.2) is 11.7 Å². The fourth-order valence-electron chi connectivity index (χ4n) is 3.19. The zero-order valence-electron chi connectivity index (χ0n) is 12.4. The van der Waals surface area contributed by atoms with E-state index in [1.807, 2.05) is 12.1 Å². The molecule has 0 heterocycles. The quantitative estimate of drug-likeness (QED) is 0.830. The van der Waals surface area contributed by atoms with E-state index in [0.717, 1.165) is 13.0 Å². The number of nitrogens with one attached hydrogen (secondary N) is 1. The van der Waals surface area contributed by atoms with Gasteiger partial charge in [-0.25, -0.2) is 0 Å². The smallest absolute Gasteiger partial charge is 0.115 e. The Morgan fingerprint density at radius 1 is 1.00 bits per heavy atom. The highest BCUT2D eigenvalue weighted by Crippen LogP contribution is 2.28. The zero-order valence-corrected chi connectivity index (χ0v) is 12.4. The largest absolute Gasteiger partial charge is 0.508 e. The van der Waals surface area contributed by atoms with Gasteiger partial charge < -0.3 is 10.4 Å². The van der Waals surface area contributed by atoms with Gasteiger partial charge >= 0.3 is 0 Å². The Kier molecular flexibility index (Phi) is 4.56. The van der Waals surface area contributed by atoms with Gasteiger partial charge in [0.05, 0.1) is 0 Å². The van der Waals surface area contributed by atoms with Crippen LogP contribution in [0.2, 0.25) is 0 Å². The number of rotatable bonds is 4. The van der Waals surface area contributed by atoms with Crippen molar-refractivity contribution in [3.8, 4) is 5.75 Å². The van der Waals surface area contributed by atoms with Crippen LogP contribution in [0, 0.1) is 0 Å². The van der Waals surface area contributed by atoms with Crippen molar-refractivity contribution in [2.24, 2.45) is 0 Å². The van der Waals surface area contributed by atoms with Crippen molar-refractivity contribution in [2.45, 2.75) is 38.1 Å². The van der Waals surface area contributed by atoms with Crippen molar-refractivity contribution >= 4 is 0 Å². The van der Waals surface area contributed by atoms with Gasteiger partial charge in [0.1, 0.15) is 5.75 Å². The van der Waals surface area contributed by atoms with E-state index in [1.165, 1.54) is 42.4 Å². The second kappa shape index (κ2) is 6.77. The maximum Gasteiger partial charge on any atom is 0.115 e. The maximum atomic E-state index is 9.31. The molecule has 2 aromatic rings. The van der Waals surface area contributed by atoms with Gasteiger partial charge in [0.2, 0.25) is 0 Å². The fraction of sp³-hybridized carbons (Fsp3) is 0.368. The van der Waals surface area contributed by atoms with Gasteiger partial charge in [-0.05, 0) is 61.1 Å². The number of aryl methyl sites for hydroxylation is 1. The summed E-state index contributed by atoms with van der Waals surface area (Å²) in [7, 11) is 0. The summed E-state index contributed by atoms with van der Waals surface area (Å²) in [6.07, 6.45) is 6.04. The third-order valence-electron chi connectivity index (χ3n) is 4.36. The molecule has 1 aliphatic rings. The molecule has 0 spiro atoms. The minimum absolute atomic E-state index is 0.337. The lowest BCUT2D eigenvalue weighted by atomic mass is 9.99. The molecule has 0 saturated heterocycles. The molecule has 110 valence electrons. The number of phenols is 1. The summed E-state index contributed by atoms with van der Waals surface area (Å²) < 4.78 is 0. The van der Waals surface area contributed by atoms with E-state index in [-0.39, 0.29) is 0 Å². The first-order valence-corrected chi connectivity index (χ1v) is 7.92. The van der Waals surface area contributed by atoms with Gasteiger partial charge in [-0.1, -0.05) is 42.8 Å². The second-order valence-electron chi connectivity index (χ2n) is 5.87. The summed E-state index contributed by atoms with van der Waals surface area (Å²) in [4.78, 5) is 0. The van der Waals surface area contributed by atoms with Crippen molar-refractivity contribution in [3.63, 3.8) is 0 Å². The predicted molar refractivity (Wildman–Crippen MR) is 86.6 cm³/mol. The van der Waals surface area contributed by atoms with E-state index in [0.29, 0.717) is 11.8 Å². The summed E-state index contributed by atoms with van der Waals surface area (Å²) in [5.74, 6) is 0.337. The topological polar surface area (TPSA) is 32.3 Å². The maximum absolute atomic E-state index is 9.31. The van der Waals surface area contributed by atoms with E-state index in [1.54, 1.807) is 12.1 Å². The number of benzene rings is 2. The third kappa shape index (κ3) is 3.64. The van der Waals surface area contributed by atoms with E-state index in [9.17, 15) is 5.11 Å². The lowest BCUT2D eigenvalue weighted by Gasteiger charge is -2.19. The Morgan fingerprint density at radius 2 is 1.81 bits per heavy atom. The number of hydrogen-bond acceptors (Lipinski definition) is 2. The van der Waals surface area contributed by atoms with Crippen molar-refractivity contribution in [2.75, 3.05) is 6.54 Å². The van der Waals surface area contributed by atoms with Crippen LogP contribution in [0.4, 0.5) is 0 Å². The number of aromatic hydroxyl groups is 1. The lowest BCUT2D eigenvalue weighted by molar-refractivity contribution is 0.474. The summed E-state index contributed by atoms with van der Waals surface area (Å²) in [6.45, 7) is 0.976. The molecule has 1 aliphatic carbocycles. The Balaban J connectivity index is 1.61. The van der Waals surface area contributed by atoms with Gasteiger partial charge in [-0.3, -0.25) is 0 Å². The van der Waals surface area contributed by atoms with Crippen LogP contribution in [0.1, 0.15) is 42.0 Å². The number of hydrogen-bond donors (Lipinski definition) is 2. The normalized spacial score (nSPS) is 18.0. The highest BCUT2D eigenvalue weighted by atomic mass is 16.3. The van der Waals surface area contributed by atoms with E-state index in [2.05, 4.69) is 29.6 Å². The molecule has 3 rings (SSSR count). The van der Waals surface area contributed by atoms with Gasteiger partial charge in [0.15, 0.2) is 0 Å². The molecule has 0 aromatic heterocycles. The highest BCUT2D eigenvalue weighted by Gasteiger charge is 2.17. The van der Waals surface area contributed by atoms with Gasteiger partial charge in [-0.2, -0.15) is 0 Å². The Morgan fingerprint density at radius 3 is 2.67 bits per heavy atom. The van der Waals surface area contributed by atoms with Crippen molar-refractivity contribution in [1.29, 1.82) is 0 Å². The fourth-order valence-corrected chi connectivity index (χ4v) is 3.19. The summed E-state index contributed by atoms with van der Waals surface area (Å²) in [5.41, 5.74) is 4.26. The molecule has 1 unspecified atom stereocenters. The van der Waals surface area contributed by atoms with Crippen LogP contribution in [0.25, 0.3) is 0 Å². The second-order valence-corrected chi connectivity index (χ2v) is 5.87. The standard InChI is InChI=1S/C19H23NO/c21-17-11-9-15(10-12-17)13-14-20-19-8-4-2-6-16-5-1-3-7-18(16)19/h1,3,5,7,9-12,19-21H,2,4,6,8,13-14H2. The summed E-state index contributed by atoms with van der Waals surface area (Å²) >= 11 is 0. The van der Waals surface area contributed by atoms with Crippen LogP contribution in [-0.2, 0) is 12.8 Å². The monoisotopic (exact) mass is 281 g/mol. The Labute approximate surface area is 126 Å². The third-order valence-corrected chi connectivity index (χ3v) is 4.36. The van der Waals surface area contributed by atoms with Crippen LogP contribution >= 0.6 is 0 Å². The highest BCUT2D eigenvalue weighted by molar-refractivity contribution is 5.31. The van der Waals surface area contributed by atoms with Crippen LogP contribution < -0.4 is 5.32 Å². The Hall–Kier alpha value is -1.80. The summed E-state index contributed by atoms with van der Waals surface area (Å²) in [6, 6.07) is 16.9. The average molecular weight is 281 g/mol. The predicted octanol–water partition coefficient (Wildman–Crippen LogP) is 3.99. The van der Waals surface area contributed by atoms with E-state index in [4.69, 9.17) is 0 Å². The Bertz CT molecular complexity index is 576. The zero-order chi connectivity index (χ0) is 14.5. The first kappa shape index (κ1) is 14.2. The minimum atomic E-state index is 0.337. The number of phenolic OH excluding ortho intramolecular Hbond substituents is 1. The molecule has 0 amide bonds. The van der Waals surface area contributed by atoms with Crippen LogP contribution in [0.5, 0.6) is 5.75 Å². The van der Waals surface area contributed by atoms with Crippen LogP contribution in [0.15, 0.2) is 48.5 Å².